The van der Waals surface area contributed by atoms with Crippen LogP contribution in [-0.4, -0.2) is 48.6 Å². The number of nitrogens with one attached hydrogen (secondary N) is 1. The highest BCUT2D eigenvalue weighted by molar-refractivity contribution is 6.02. The number of ether oxygens (including phenoxy) is 2. The Morgan fingerprint density at radius 3 is 2.91 bits per heavy atom. The van der Waals surface area contributed by atoms with E-state index in [0.29, 0.717) is 11.3 Å². The number of hydrogen-bond donors (Lipinski definition) is 1. The monoisotopic (exact) mass is 317 g/mol. The van der Waals surface area contributed by atoms with E-state index in [1.165, 1.54) is 17.8 Å². The van der Waals surface area contributed by atoms with Crippen molar-refractivity contribution in [3.8, 4) is 5.75 Å². The Kier molecular flexibility index (Phi) is 4.86. The van der Waals surface area contributed by atoms with Gasteiger partial charge in [-0.25, -0.2) is 4.52 Å². The Bertz CT molecular complexity index is 655. The number of pyridine rings is 1. The van der Waals surface area contributed by atoms with Crippen molar-refractivity contribution in [2.24, 2.45) is 0 Å². The number of halogens is 3. The van der Waals surface area contributed by atoms with Crippen LogP contribution in [0.15, 0.2) is 24.5 Å². The first kappa shape index (κ1) is 16.1. The minimum Gasteiger partial charge on any atom is -0.494 e. The van der Waals surface area contributed by atoms with Crippen LogP contribution in [0.4, 0.5) is 13.2 Å². The summed E-state index contributed by atoms with van der Waals surface area (Å²) in [5.41, 5.74) is 0.756. The van der Waals surface area contributed by atoms with Crippen molar-refractivity contribution in [3.63, 3.8) is 0 Å². The molecule has 0 saturated carbocycles. The van der Waals surface area contributed by atoms with Gasteiger partial charge in [-0.1, -0.05) is 0 Å². The first-order chi connectivity index (χ1) is 10.4. The fourth-order valence-corrected chi connectivity index (χ4v) is 1.86. The van der Waals surface area contributed by atoms with Crippen molar-refractivity contribution in [1.29, 1.82) is 0 Å². The Labute approximate surface area is 123 Å². The fourth-order valence-electron chi connectivity index (χ4n) is 1.86. The Hall–Kier alpha value is -2.29. The standard InChI is InChI=1S/C13H14F3N3O3/c1-21-10-3-2-5-19-11(10)9(7-18-19)12(20)17-4-6-22-8-13(14,15)16/h2-3,5,7H,4,6,8H2,1H3,(H,17,20). The molecule has 0 aromatic carbocycles. The number of amides is 1. The molecule has 1 N–H and O–H groups in total. The molecular weight excluding hydrogens is 303 g/mol. The number of alkyl halides is 3. The second-order valence-electron chi connectivity index (χ2n) is 4.35. The third-order valence-electron chi connectivity index (χ3n) is 2.77. The molecule has 0 atom stereocenters. The predicted octanol–water partition coefficient (Wildman–Crippen LogP) is 1.65. The first-order valence-corrected chi connectivity index (χ1v) is 6.35. The molecule has 0 spiro atoms. The van der Waals surface area contributed by atoms with E-state index >= 15 is 0 Å². The number of nitrogens with zero attached hydrogens (tertiary/aromatic N) is 2. The number of carbonyl (C=O) groups is 1. The summed E-state index contributed by atoms with van der Waals surface area (Å²) in [4.78, 5) is 12.1. The van der Waals surface area contributed by atoms with Crippen molar-refractivity contribution < 1.29 is 27.4 Å². The highest BCUT2D eigenvalue weighted by atomic mass is 19.4. The maximum atomic E-state index is 12.1. The van der Waals surface area contributed by atoms with Crippen molar-refractivity contribution in [3.05, 3.63) is 30.1 Å². The van der Waals surface area contributed by atoms with E-state index in [-0.39, 0.29) is 18.7 Å². The van der Waals surface area contributed by atoms with Crippen LogP contribution < -0.4 is 10.1 Å². The smallest absolute Gasteiger partial charge is 0.411 e. The molecule has 120 valence electrons. The van der Waals surface area contributed by atoms with Gasteiger partial charge in [0.2, 0.25) is 0 Å². The number of hydrogen-bond acceptors (Lipinski definition) is 4. The summed E-state index contributed by atoms with van der Waals surface area (Å²) in [7, 11) is 1.47. The molecule has 0 saturated heterocycles. The normalized spacial score (nSPS) is 11.6. The molecule has 22 heavy (non-hydrogen) atoms. The predicted molar refractivity (Wildman–Crippen MR) is 71.0 cm³/mol. The van der Waals surface area contributed by atoms with E-state index in [1.807, 2.05) is 0 Å². The molecular formula is C13H14F3N3O3. The van der Waals surface area contributed by atoms with Gasteiger partial charge in [0.25, 0.3) is 5.91 Å². The van der Waals surface area contributed by atoms with Crippen molar-refractivity contribution in [2.45, 2.75) is 6.18 Å². The van der Waals surface area contributed by atoms with E-state index in [0.717, 1.165) is 0 Å². The summed E-state index contributed by atoms with van der Waals surface area (Å²) >= 11 is 0. The number of fused-ring (bicyclic) bond motifs is 1. The molecule has 2 aromatic rings. The second kappa shape index (κ2) is 6.65. The Morgan fingerprint density at radius 2 is 2.23 bits per heavy atom. The van der Waals surface area contributed by atoms with E-state index in [9.17, 15) is 18.0 Å². The van der Waals surface area contributed by atoms with Crippen molar-refractivity contribution >= 4 is 11.4 Å². The molecule has 2 rings (SSSR count). The van der Waals surface area contributed by atoms with Gasteiger partial charge in [-0.3, -0.25) is 4.79 Å². The topological polar surface area (TPSA) is 64.9 Å². The average Bonchev–Trinajstić information content (AvgIpc) is 2.89. The molecule has 0 fully saturated rings. The van der Waals surface area contributed by atoms with Gasteiger partial charge >= 0.3 is 6.18 Å². The number of aromatic nitrogens is 2. The lowest BCUT2D eigenvalue weighted by molar-refractivity contribution is -0.173. The van der Waals surface area contributed by atoms with Crippen LogP contribution in [0, 0.1) is 0 Å². The summed E-state index contributed by atoms with van der Waals surface area (Å²) in [6, 6.07) is 3.39. The zero-order valence-electron chi connectivity index (χ0n) is 11.7. The van der Waals surface area contributed by atoms with Gasteiger partial charge < -0.3 is 14.8 Å². The van der Waals surface area contributed by atoms with Crippen LogP contribution >= 0.6 is 0 Å². The number of methoxy groups -OCH3 is 1. The lowest BCUT2D eigenvalue weighted by Gasteiger charge is -2.08. The molecule has 6 nitrogen and oxygen atoms in total. The largest absolute Gasteiger partial charge is 0.494 e. The minimum absolute atomic E-state index is 0.0403. The zero-order chi connectivity index (χ0) is 16.2. The molecule has 0 aliphatic carbocycles. The molecule has 1 amide bonds. The number of carbonyl (C=O) groups excluding carboxylic acids is 1. The Balaban J connectivity index is 1.96. The summed E-state index contributed by atoms with van der Waals surface area (Å²) in [5, 5.41) is 6.50. The molecule has 0 unspecified atom stereocenters. The van der Waals surface area contributed by atoms with Gasteiger partial charge in [0.1, 0.15) is 17.9 Å². The van der Waals surface area contributed by atoms with E-state index < -0.39 is 18.7 Å². The summed E-state index contributed by atoms with van der Waals surface area (Å²) in [6.45, 7) is -1.61. The van der Waals surface area contributed by atoms with Gasteiger partial charge in [-0.2, -0.15) is 18.3 Å². The summed E-state index contributed by atoms with van der Waals surface area (Å²) in [5.74, 6) is 0.00794. The number of rotatable bonds is 6. The van der Waals surface area contributed by atoms with Crippen LogP contribution in [0.5, 0.6) is 5.75 Å². The quantitative estimate of drug-likeness (QED) is 0.823. The highest BCUT2D eigenvalue weighted by Gasteiger charge is 2.27. The summed E-state index contributed by atoms with van der Waals surface area (Å²) < 4.78 is 46.7. The zero-order valence-corrected chi connectivity index (χ0v) is 11.7. The van der Waals surface area contributed by atoms with Gasteiger partial charge in [-0.05, 0) is 12.1 Å². The maximum Gasteiger partial charge on any atom is 0.411 e. The van der Waals surface area contributed by atoms with E-state index in [2.05, 4.69) is 15.2 Å². The third kappa shape index (κ3) is 3.88. The molecule has 0 aliphatic rings. The van der Waals surface area contributed by atoms with Crippen LogP contribution in [0.25, 0.3) is 5.52 Å². The average molecular weight is 317 g/mol. The van der Waals surface area contributed by atoms with Crippen molar-refractivity contribution in [2.75, 3.05) is 26.9 Å². The van der Waals surface area contributed by atoms with Gasteiger partial charge in [-0.15, -0.1) is 0 Å². The second-order valence-corrected chi connectivity index (χ2v) is 4.35. The molecule has 2 heterocycles. The van der Waals surface area contributed by atoms with Gasteiger partial charge in [0.05, 0.1) is 25.5 Å². The minimum atomic E-state index is -4.38. The van der Waals surface area contributed by atoms with Crippen molar-refractivity contribution in [1.82, 2.24) is 14.9 Å². The van der Waals surface area contributed by atoms with Gasteiger partial charge in [0, 0.05) is 12.7 Å². The first-order valence-electron chi connectivity index (χ1n) is 6.35. The summed E-state index contributed by atoms with van der Waals surface area (Å²) in [6.07, 6.45) is -1.36. The molecule has 0 aliphatic heterocycles. The third-order valence-corrected chi connectivity index (χ3v) is 2.77. The molecule has 2 aromatic heterocycles. The molecule has 9 heteroatoms. The van der Waals surface area contributed by atoms with Crippen LogP contribution in [0.3, 0.4) is 0 Å². The highest BCUT2D eigenvalue weighted by Crippen LogP contribution is 2.22. The van der Waals surface area contributed by atoms with Crippen LogP contribution in [0.1, 0.15) is 10.4 Å². The molecule has 0 bridgehead atoms. The fraction of sp³-hybridized carbons (Fsp3) is 0.385. The van der Waals surface area contributed by atoms with Crippen LogP contribution in [0.2, 0.25) is 0 Å². The Morgan fingerprint density at radius 1 is 1.45 bits per heavy atom. The van der Waals surface area contributed by atoms with E-state index in [4.69, 9.17) is 4.74 Å². The lowest BCUT2D eigenvalue weighted by atomic mass is 10.2. The van der Waals surface area contributed by atoms with Crippen LogP contribution in [-0.2, 0) is 4.74 Å². The SMILES string of the molecule is COc1cccn2ncc(C(=O)NCCOCC(F)(F)F)c12. The van der Waals surface area contributed by atoms with E-state index in [1.54, 1.807) is 18.3 Å². The molecule has 0 radical (unpaired) electrons. The van der Waals surface area contributed by atoms with Gasteiger partial charge in [0.15, 0.2) is 0 Å². The lowest BCUT2D eigenvalue weighted by Crippen LogP contribution is -2.28. The maximum absolute atomic E-state index is 12.1.